The van der Waals surface area contributed by atoms with Crippen LogP contribution in [0.25, 0.3) is 0 Å². The Labute approximate surface area is 114 Å². The summed E-state index contributed by atoms with van der Waals surface area (Å²) in [7, 11) is 0. The molecule has 1 aromatic carbocycles. The van der Waals surface area contributed by atoms with Gasteiger partial charge in [-0.2, -0.15) is 0 Å². The average molecular weight is 258 g/mol. The van der Waals surface area contributed by atoms with Gasteiger partial charge in [-0.25, -0.2) is 0 Å². The van der Waals surface area contributed by atoms with Crippen molar-refractivity contribution in [2.45, 2.75) is 38.5 Å². The van der Waals surface area contributed by atoms with Crippen LogP contribution >= 0.6 is 0 Å². The number of hydrogen-bond acceptors (Lipinski definition) is 2. The van der Waals surface area contributed by atoms with Crippen LogP contribution in [-0.4, -0.2) is 19.0 Å². The molecule has 1 aliphatic carbocycles. The summed E-state index contributed by atoms with van der Waals surface area (Å²) < 4.78 is 0. The first-order valence-electron chi connectivity index (χ1n) is 7.37. The predicted molar refractivity (Wildman–Crippen MR) is 77.1 cm³/mol. The molecule has 1 aliphatic heterocycles. The zero-order chi connectivity index (χ0) is 13.3. The number of nitrogens with zero attached hydrogens (tertiary/aromatic N) is 1. The SMILES string of the molecule is NCC1(C(=O)N2CCCc3ccccc32)CCCC1. The zero-order valence-corrected chi connectivity index (χ0v) is 11.4. The van der Waals surface area contributed by atoms with E-state index in [2.05, 4.69) is 18.2 Å². The minimum atomic E-state index is -0.287. The van der Waals surface area contributed by atoms with Crippen molar-refractivity contribution in [3.05, 3.63) is 29.8 Å². The summed E-state index contributed by atoms with van der Waals surface area (Å²) in [6.45, 7) is 1.34. The predicted octanol–water partition coefficient (Wildman–Crippen LogP) is 2.48. The van der Waals surface area contributed by atoms with Crippen molar-refractivity contribution in [3.8, 4) is 0 Å². The molecule has 0 bridgehead atoms. The van der Waals surface area contributed by atoms with Crippen LogP contribution in [0.15, 0.2) is 24.3 Å². The third-order valence-corrected chi connectivity index (χ3v) is 4.76. The van der Waals surface area contributed by atoms with E-state index in [-0.39, 0.29) is 11.3 Å². The molecule has 1 aromatic rings. The number of hydrogen-bond donors (Lipinski definition) is 1. The summed E-state index contributed by atoms with van der Waals surface area (Å²) in [5.41, 5.74) is 8.07. The van der Waals surface area contributed by atoms with Gasteiger partial charge in [0.1, 0.15) is 0 Å². The monoisotopic (exact) mass is 258 g/mol. The maximum absolute atomic E-state index is 13.0. The Morgan fingerprint density at radius 3 is 2.68 bits per heavy atom. The molecule has 1 heterocycles. The molecule has 2 N–H and O–H groups in total. The molecule has 3 rings (SSSR count). The highest BCUT2D eigenvalue weighted by Gasteiger charge is 2.43. The smallest absolute Gasteiger partial charge is 0.234 e. The minimum Gasteiger partial charge on any atom is -0.329 e. The van der Waals surface area contributed by atoms with Crippen molar-refractivity contribution in [2.24, 2.45) is 11.1 Å². The fourth-order valence-electron chi connectivity index (χ4n) is 3.59. The van der Waals surface area contributed by atoms with Gasteiger partial charge in [0.05, 0.1) is 5.41 Å². The fourth-order valence-corrected chi connectivity index (χ4v) is 3.59. The average Bonchev–Trinajstić information content (AvgIpc) is 2.96. The van der Waals surface area contributed by atoms with Crippen LogP contribution in [0.4, 0.5) is 5.69 Å². The Morgan fingerprint density at radius 2 is 1.95 bits per heavy atom. The van der Waals surface area contributed by atoms with Crippen LogP contribution in [-0.2, 0) is 11.2 Å². The van der Waals surface area contributed by atoms with E-state index in [0.717, 1.165) is 50.8 Å². The number of nitrogens with two attached hydrogens (primary N) is 1. The van der Waals surface area contributed by atoms with E-state index in [1.807, 2.05) is 11.0 Å². The second kappa shape index (κ2) is 4.97. The number of fused-ring (bicyclic) bond motifs is 1. The van der Waals surface area contributed by atoms with Gasteiger partial charge < -0.3 is 10.6 Å². The van der Waals surface area contributed by atoms with Gasteiger partial charge in [0.15, 0.2) is 0 Å². The van der Waals surface area contributed by atoms with Crippen molar-refractivity contribution >= 4 is 11.6 Å². The molecule has 102 valence electrons. The molecule has 2 aliphatic rings. The maximum atomic E-state index is 13.0. The summed E-state index contributed by atoms with van der Waals surface area (Å²) in [5, 5.41) is 0. The Bertz CT molecular complexity index is 477. The van der Waals surface area contributed by atoms with Crippen LogP contribution in [0.3, 0.4) is 0 Å². The molecule has 1 amide bonds. The number of carbonyl (C=O) groups is 1. The first-order chi connectivity index (χ1) is 9.27. The van der Waals surface area contributed by atoms with Gasteiger partial charge in [-0.05, 0) is 37.3 Å². The van der Waals surface area contributed by atoms with Crippen molar-refractivity contribution < 1.29 is 4.79 Å². The Balaban J connectivity index is 1.93. The van der Waals surface area contributed by atoms with Gasteiger partial charge in [-0.1, -0.05) is 31.0 Å². The van der Waals surface area contributed by atoms with E-state index < -0.39 is 0 Å². The third-order valence-electron chi connectivity index (χ3n) is 4.76. The zero-order valence-electron chi connectivity index (χ0n) is 11.4. The second-order valence-corrected chi connectivity index (χ2v) is 5.88. The molecule has 1 fully saturated rings. The van der Waals surface area contributed by atoms with Gasteiger partial charge in [-0.15, -0.1) is 0 Å². The lowest BCUT2D eigenvalue weighted by molar-refractivity contribution is -0.127. The van der Waals surface area contributed by atoms with Crippen LogP contribution in [0, 0.1) is 5.41 Å². The summed E-state index contributed by atoms with van der Waals surface area (Å²) in [4.78, 5) is 15.0. The topological polar surface area (TPSA) is 46.3 Å². The lowest BCUT2D eigenvalue weighted by atomic mass is 9.83. The van der Waals surface area contributed by atoms with Gasteiger partial charge in [0, 0.05) is 18.8 Å². The van der Waals surface area contributed by atoms with Crippen molar-refractivity contribution in [1.82, 2.24) is 0 Å². The van der Waals surface area contributed by atoms with Crippen LogP contribution in [0.2, 0.25) is 0 Å². The lowest BCUT2D eigenvalue weighted by Crippen LogP contribution is -2.48. The van der Waals surface area contributed by atoms with Gasteiger partial charge in [0.25, 0.3) is 0 Å². The first kappa shape index (κ1) is 12.7. The number of rotatable bonds is 2. The van der Waals surface area contributed by atoms with Crippen LogP contribution in [0.5, 0.6) is 0 Å². The summed E-state index contributed by atoms with van der Waals surface area (Å²) in [6.07, 6.45) is 6.33. The minimum absolute atomic E-state index is 0.264. The van der Waals surface area contributed by atoms with Gasteiger partial charge in [0.2, 0.25) is 5.91 Å². The van der Waals surface area contributed by atoms with Crippen molar-refractivity contribution in [1.29, 1.82) is 0 Å². The molecule has 0 radical (unpaired) electrons. The fraction of sp³-hybridized carbons (Fsp3) is 0.562. The van der Waals surface area contributed by atoms with Gasteiger partial charge >= 0.3 is 0 Å². The summed E-state index contributed by atoms with van der Waals surface area (Å²) in [5.74, 6) is 0.264. The highest BCUT2D eigenvalue weighted by molar-refractivity contribution is 5.99. The first-order valence-corrected chi connectivity index (χ1v) is 7.37. The molecule has 0 saturated heterocycles. The molecule has 3 heteroatoms. The van der Waals surface area contributed by atoms with Crippen LogP contribution in [0.1, 0.15) is 37.7 Å². The van der Waals surface area contributed by atoms with E-state index in [4.69, 9.17) is 5.73 Å². The standard InChI is InChI=1S/C16H22N2O/c17-12-16(9-3-4-10-16)15(19)18-11-5-7-13-6-1-2-8-14(13)18/h1-2,6,8H,3-5,7,9-12,17H2. The molecule has 0 atom stereocenters. The molecule has 0 aromatic heterocycles. The summed E-state index contributed by atoms with van der Waals surface area (Å²) >= 11 is 0. The van der Waals surface area contributed by atoms with E-state index in [1.165, 1.54) is 5.56 Å². The summed E-state index contributed by atoms with van der Waals surface area (Å²) in [6, 6.07) is 8.29. The third kappa shape index (κ3) is 2.06. The highest BCUT2D eigenvalue weighted by Crippen LogP contribution is 2.41. The number of amides is 1. The molecular formula is C16H22N2O. The molecule has 1 saturated carbocycles. The number of carbonyl (C=O) groups excluding carboxylic acids is 1. The van der Waals surface area contributed by atoms with E-state index >= 15 is 0 Å². The van der Waals surface area contributed by atoms with Gasteiger partial charge in [-0.3, -0.25) is 4.79 Å². The van der Waals surface area contributed by atoms with E-state index in [1.54, 1.807) is 0 Å². The lowest BCUT2D eigenvalue weighted by Gasteiger charge is -2.36. The maximum Gasteiger partial charge on any atom is 0.234 e. The van der Waals surface area contributed by atoms with E-state index in [0.29, 0.717) is 6.54 Å². The Morgan fingerprint density at radius 1 is 1.21 bits per heavy atom. The number of anilines is 1. The number of para-hydroxylation sites is 1. The molecule has 19 heavy (non-hydrogen) atoms. The molecule has 0 unspecified atom stereocenters. The molecule has 3 nitrogen and oxygen atoms in total. The Hall–Kier alpha value is -1.35. The second-order valence-electron chi connectivity index (χ2n) is 5.88. The number of aryl methyl sites for hydroxylation is 1. The highest BCUT2D eigenvalue weighted by atomic mass is 16.2. The number of benzene rings is 1. The quantitative estimate of drug-likeness (QED) is 0.886. The molecular weight excluding hydrogens is 236 g/mol. The van der Waals surface area contributed by atoms with Crippen LogP contribution < -0.4 is 10.6 Å². The molecule has 0 spiro atoms. The largest absolute Gasteiger partial charge is 0.329 e. The van der Waals surface area contributed by atoms with Crippen molar-refractivity contribution in [2.75, 3.05) is 18.0 Å². The Kier molecular flexibility index (Phi) is 3.31. The van der Waals surface area contributed by atoms with Crippen molar-refractivity contribution in [3.63, 3.8) is 0 Å². The normalized spacial score (nSPS) is 21.2. The van der Waals surface area contributed by atoms with E-state index in [9.17, 15) is 4.79 Å².